The summed E-state index contributed by atoms with van der Waals surface area (Å²) in [5, 5.41) is 20.3. The van der Waals surface area contributed by atoms with E-state index in [1.165, 1.54) is 6.42 Å². The van der Waals surface area contributed by atoms with Gasteiger partial charge in [0.1, 0.15) is 5.75 Å². The average Bonchev–Trinajstić information content (AvgIpc) is 2.82. The van der Waals surface area contributed by atoms with E-state index in [0.717, 1.165) is 29.7 Å². The van der Waals surface area contributed by atoms with Crippen LogP contribution in [0, 0.1) is 11.3 Å². The Kier molecular flexibility index (Phi) is 3.54. The summed E-state index contributed by atoms with van der Waals surface area (Å²) in [7, 11) is 0. The van der Waals surface area contributed by atoms with Crippen molar-refractivity contribution in [3.8, 4) is 11.8 Å². The highest BCUT2D eigenvalue weighted by Crippen LogP contribution is 2.53. The molecule has 1 saturated carbocycles. The number of benzene rings is 2. The summed E-state index contributed by atoms with van der Waals surface area (Å²) in [4.78, 5) is 2.30. The lowest BCUT2D eigenvalue weighted by atomic mass is 9.87. The minimum atomic E-state index is -0.291. The topological polar surface area (TPSA) is 73.3 Å². The minimum absolute atomic E-state index is 0.102. The molecule has 0 aromatic heterocycles. The number of phenolic OH excluding ortho intramolecular Hbond substituents is 1. The molecular formula is C19H18ClN3O. The highest BCUT2D eigenvalue weighted by atomic mass is 35.5. The quantitative estimate of drug-likeness (QED) is 0.798. The van der Waals surface area contributed by atoms with E-state index in [2.05, 4.69) is 11.0 Å². The zero-order chi connectivity index (χ0) is 16.8. The summed E-state index contributed by atoms with van der Waals surface area (Å²) in [5.41, 5.74) is 9.31. The zero-order valence-corrected chi connectivity index (χ0v) is 13.9. The van der Waals surface area contributed by atoms with E-state index in [1.54, 1.807) is 18.2 Å². The van der Waals surface area contributed by atoms with Gasteiger partial charge in [0, 0.05) is 17.8 Å². The van der Waals surface area contributed by atoms with Gasteiger partial charge in [0.05, 0.1) is 28.7 Å². The molecule has 1 aliphatic heterocycles. The SMILES string of the molecule is N#CC1c2ccc(O)cc2N(C2CCC2)C1c1ccc(N)c(Cl)c1. The lowest BCUT2D eigenvalue weighted by molar-refractivity contribution is 0.362. The Morgan fingerprint density at radius 3 is 2.62 bits per heavy atom. The van der Waals surface area contributed by atoms with E-state index in [4.69, 9.17) is 17.3 Å². The van der Waals surface area contributed by atoms with E-state index in [-0.39, 0.29) is 17.7 Å². The fraction of sp³-hybridized carbons (Fsp3) is 0.316. The first-order valence-electron chi connectivity index (χ1n) is 8.16. The lowest BCUT2D eigenvalue weighted by Crippen LogP contribution is -2.41. The molecule has 4 rings (SSSR count). The molecule has 24 heavy (non-hydrogen) atoms. The molecule has 1 heterocycles. The number of phenols is 1. The second-order valence-electron chi connectivity index (χ2n) is 6.57. The van der Waals surface area contributed by atoms with Crippen molar-refractivity contribution in [1.29, 1.82) is 5.26 Å². The molecule has 2 unspecified atom stereocenters. The number of halogens is 1. The third-order valence-electron chi connectivity index (χ3n) is 5.22. The number of nitrogen functional groups attached to an aromatic ring is 1. The van der Waals surface area contributed by atoms with Gasteiger partial charge < -0.3 is 15.7 Å². The molecule has 0 amide bonds. The number of aromatic hydroxyl groups is 1. The van der Waals surface area contributed by atoms with Crippen LogP contribution in [-0.2, 0) is 0 Å². The van der Waals surface area contributed by atoms with Gasteiger partial charge >= 0.3 is 0 Å². The predicted octanol–water partition coefficient (Wildman–Crippen LogP) is 4.35. The van der Waals surface area contributed by atoms with Crippen LogP contribution < -0.4 is 10.6 Å². The maximum atomic E-state index is 9.94. The molecule has 5 heteroatoms. The summed E-state index contributed by atoms with van der Waals surface area (Å²) in [6.45, 7) is 0. The molecule has 3 N–H and O–H groups in total. The van der Waals surface area contributed by atoms with Crippen molar-refractivity contribution in [3.05, 3.63) is 52.5 Å². The highest BCUT2D eigenvalue weighted by molar-refractivity contribution is 6.33. The van der Waals surface area contributed by atoms with Crippen LogP contribution in [0.4, 0.5) is 11.4 Å². The van der Waals surface area contributed by atoms with Crippen LogP contribution >= 0.6 is 11.6 Å². The average molecular weight is 340 g/mol. The zero-order valence-electron chi connectivity index (χ0n) is 13.1. The molecule has 2 atom stereocenters. The van der Waals surface area contributed by atoms with E-state index >= 15 is 0 Å². The lowest BCUT2D eigenvalue weighted by Gasteiger charge is -2.41. The van der Waals surface area contributed by atoms with Crippen LogP contribution in [0.25, 0.3) is 0 Å². The summed E-state index contributed by atoms with van der Waals surface area (Å²) >= 11 is 6.23. The highest BCUT2D eigenvalue weighted by Gasteiger charge is 2.44. The molecule has 0 bridgehead atoms. The van der Waals surface area contributed by atoms with Gasteiger partial charge in [0.2, 0.25) is 0 Å². The Balaban J connectivity index is 1.87. The van der Waals surface area contributed by atoms with Crippen LogP contribution in [0.5, 0.6) is 5.75 Å². The van der Waals surface area contributed by atoms with Crippen molar-refractivity contribution in [2.45, 2.75) is 37.3 Å². The first-order chi connectivity index (χ1) is 11.6. The van der Waals surface area contributed by atoms with Crippen LogP contribution in [0.1, 0.15) is 42.3 Å². The third-order valence-corrected chi connectivity index (χ3v) is 5.54. The Labute approximate surface area is 146 Å². The number of nitrogens with two attached hydrogens (primary N) is 1. The van der Waals surface area contributed by atoms with E-state index < -0.39 is 0 Å². The van der Waals surface area contributed by atoms with Crippen LogP contribution in [0.2, 0.25) is 5.02 Å². The molecule has 1 aliphatic carbocycles. The van der Waals surface area contributed by atoms with Crippen LogP contribution in [0.3, 0.4) is 0 Å². The molecule has 2 aromatic carbocycles. The Hall–Kier alpha value is -2.38. The van der Waals surface area contributed by atoms with Crippen molar-refractivity contribution < 1.29 is 5.11 Å². The molecule has 122 valence electrons. The smallest absolute Gasteiger partial charge is 0.117 e. The third kappa shape index (κ3) is 2.20. The number of hydrogen-bond donors (Lipinski definition) is 2. The number of nitrogens with zero attached hydrogens (tertiary/aromatic N) is 2. The van der Waals surface area contributed by atoms with Crippen molar-refractivity contribution in [2.24, 2.45) is 0 Å². The molecule has 1 fully saturated rings. The van der Waals surface area contributed by atoms with Gasteiger partial charge in [-0.05, 0) is 48.6 Å². The number of anilines is 2. The van der Waals surface area contributed by atoms with Crippen molar-refractivity contribution in [2.75, 3.05) is 10.6 Å². The maximum Gasteiger partial charge on any atom is 0.117 e. The fourth-order valence-electron chi connectivity index (χ4n) is 3.81. The number of hydrogen-bond acceptors (Lipinski definition) is 4. The summed E-state index contributed by atoms with van der Waals surface area (Å²) < 4.78 is 0. The van der Waals surface area contributed by atoms with Crippen molar-refractivity contribution in [3.63, 3.8) is 0 Å². The molecule has 0 saturated heterocycles. The Morgan fingerprint density at radius 2 is 2.00 bits per heavy atom. The van der Waals surface area contributed by atoms with Crippen LogP contribution in [0.15, 0.2) is 36.4 Å². The maximum absolute atomic E-state index is 9.94. The monoisotopic (exact) mass is 339 g/mol. The van der Waals surface area contributed by atoms with Crippen LogP contribution in [-0.4, -0.2) is 11.1 Å². The van der Waals surface area contributed by atoms with Gasteiger partial charge in [0.15, 0.2) is 0 Å². The predicted molar refractivity (Wildman–Crippen MR) is 95.2 cm³/mol. The number of fused-ring (bicyclic) bond motifs is 1. The Bertz CT molecular complexity index is 841. The van der Waals surface area contributed by atoms with E-state index in [0.29, 0.717) is 16.8 Å². The van der Waals surface area contributed by atoms with Gasteiger partial charge in [-0.25, -0.2) is 0 Å². The molecule has 2 aromatic rings. The molecule has 0 radical (unpaired) electrons. The number of rotatable bonds is 2. The van der Waals surface area contributed by atoms with Gasteiger partial charge in [-0.1, -0.05) is 23.7 Å². The first kappa shape index (κ1) is 15.2. The van der Waals surface area contributed by atoms with E-state index in [9.17, 15) is 10.4 Å². The fourth-order valence-corrected chi connectivity index (χ4v) is 4.00. The second kappa shape index (κ2) is 5.61. The van der Waals surface area contributed by atoms with Gasteiger partial charge in [-0.3, -0.25) is 0 Å². The Morgan fingerprint density at radius 1 is 1.21 bits per heavy atom. The summed E-state index contributed by atoms with van der Waals surface area (Å²) in [6, 6.07) is 13.7. The van der Waals surface area contributed by atoms with Gasteiger partial charge in [-0.2, -0.15) is 5.26 Å². The van der Waals surface area contributed by atoms with Gasteiger partial charge in [-0.15, -0.1) is 0 Å². The molecule has 2 aliphatic rings. The summed E-state index contributed by atoms with van der Waals surface area (Å²) in [5.74, 6) is -0.0633. The normalized spacial score (nSPS) is 22.8. The van der Waals surface area contributed by atoms with E-state index in [1.807, 2.05) is 18.2 Å². The van der Waals surface area contributed by atoms with Crippen molar-refractivity contribution in [1.82, 2.24) is 0 Å². The molecular weight excluding hydrogens is 322 g/mol. The van der Waals surface area contributed by atoms with Crippen molar-refractivity contribution >= 4 is 23.0 Å². The minimum Gasteiger partial charge on any atom is -0.508 e. The summed E-state index contributed by atoms with van der Waals surface area (Å²) in [6.07, 6.45) is 3.40. The number of nitriles is 1. The second-order valence-corrected chi connectivity index (χ2v) is 6.97. The molecule has 0 spiro atoms. The molecule has 4 nitrogen and oxygen atoms in total. The van der Waals surface area contributed by atoms with Gasteiger partial charge in [0.25, 0.3) is 0 Å². The first-order valence-corrected chi connectivity index (χ1v) is 8.53. The standard InChI is InChI=1S/C19H18ClN3O/c20-16-8-11(4-7-17(16)22)19-15(10-21)14-6-5-13(24)9-18(14)23(19)12-2-1-3-12/h4-9,12,15,19,24H,1-3,22H2. The largest absolute Gasteiger partial charge is 0.508 e.